The number of pyridine rings is 1. The predicted molar refractivity (Wildman–Crippen MR) is 86.2 cm³/mol. The van der Waals surface area contributed by atoms with Crippen LogP contribution in [0, 0.1) is 12.8 Å². The van der Waals surface area contributed by atoms with Crippen LogP contribution < -0.4 is 0 Å². The van der Waals surface area contributed by atoms with Gasteiger partial charge in [-0.3, -0.25) is 9.88 Å². The van der Waals surface area contributed by atoms with Gasteiger partial charge in [0.05, 0.1) is 5.52 Å². The quantitative estimate of drug-likeness (QED) is 0.940. The van der Waals surface area contributed by atoms with Gasteiger partial charge in [-0.2, -0.15) is 0 Å². The summed E-state index contributed by atoms with van der Waals surface area (Å²) in [6.45, 7) is 6.59. The van der Waals surface area contributed by atoms with E-state index in [9.17, 15) is 5.11 Å². The smallest absolute Gasteiger partial charge is 0.0705 e. The monoisotopic (exact) mass is 284 g/mol. The molecule has 1 N–H and O–H groups in total. The fourth-order valence-corrected chi connectivity index (χ4v) is 3.24. The summed E-state index contributed by atoms with van der Waals surface area (Å²) in [5, 5.41) is 10.6. The first-order valence-electron chi connectivity index (χ1n) is 7.87. The highest BCUT2D eigenvalue weighted by atomic mass is 16.3. The second-order valence-corrected chi connectivity index (χ2v) is 6.38. The van der Waals surface area contributed by atoms with Gasteiger partial charge in [0.25, 0.3) is 0 Å². The van der Waals surface area contributed by atoms with Crippen LogP contribution in [0.5, 0.6) is 0 Å². The minimum absolute atomic E-state index is 0.310. The number of hydrogen-bond acceptors (Lipinski definition) is 3. The van der Waals surface area contributed by atoms with Crippen LogP contribution in [0.1, 0.15) is 31.0 Å². The van der Waals surface area contributed by atoms with E-state index in [0.717, 1.165) is 30.7 Å². The van der Waals surface area contributed by atoms with Gasteiger partial charge in [0.2, 0.25) is 0 Å². The maximum absolute atomic E-state index is 9.39. The molecule has 1 aliphatic heterocycles. The molecule has 3 heteroatoms. The molecule has 0 aliphatic carbocycles. The Morgan fingerprint density at radius 1 is 1.24 bits per heavy atom. The first-order valence-corrected chi connectivity index (χ1v) is 7.87. The molecule has 21 heavy (non-hydrogen) atoms. The molecule has 1 saturated heterocycles. The number of nitrogens with zero attached hydrogens (tertiary/aromatic N) is 2. The van der Waals surface area contributed by atoms with E-state index in [-0.39, 0.29) is 0 Å². The lowest BCUT2D eigenvalue weighted by molar-refractivity contribution is 0.0772. The van der Waals surface area contributed by atoms with Crippen LogP contribution in [0.3, 0.4) is 0 Å². The molecule has 0 unspecified atom stereocenters. The number of likely N-dealkylation sites (tertiary alicyclic amines) is 1. The van der Waals surface area contributed by atoms with Gasteiger partial charge in [0.15, 0.2) is 0 Å². The molecule has 0 spiro atoms. The Morgan fingerprint density at radius 3 is 2.90 bits per heavy atom. The van der Waals surface area contributed by atoms with E-state index in [2.05, 4.69) is 47.1 Å². The van der Waals surface area contributed by atoms with E-state index in [1.807, 2.05) is 6.92 Å². The molecule has 2 heterocycles. The van der Waals surface area contributed by atoms with E-state index in [1.165, 1.54) is 17.4 Å². The summed E-state index contributed by atoms with van der Waals surface area (Å²) in [7, 11) is 0. The van der Waals surface area contributed by atoms with E-state index >= 15 is 0 Å². The molecule has 0 amide bonds. The van der Waals surface area contributed by atoms with Gasteiger partial charge >= 0.3 is 0 Å². The van der Waals surface area contributed by atoms with Gasteiger partial charge in [-0.05, 0) is 56.4 Å². The zero-order valence-electron chi connectivity index (χ0n) is 12.9. The van der Waals surface area contributed by atoms with Crippen molar-refractivity contribution in [3.8, 4) is 0 Å². The zero-order valence-corrected chi connectivity index (χ0v) is 12.9. The number of aliphatic hydroxyl groups is 1. The predicted octanol–water partition coefficient (Wildman–Crippen LogP) is 3.14. The van der Waals surface area contributed by atoms with Gasteiger partial charge < -0.3 is 5.11 Å². The maximum atomic E-state index is 9.39. The van der Waals surface area contributed by atoms with Crippen LogP contribution in [-0.4, -0.2) is 34.2 Å². The summed E-state index contributed by atoms with van der Waals surface area (Å²) >= 11 is 0. The Morgan fingerprint density at radius 2 is 2.10 bits per heavy atom. The molecule has 1 aromatic heterocycles. The molecule has 0 radical (unpaired) electrons. The summed E-state index contributed by atoms with van der Waals surface area (Å²) in [6, 6.07) is 11.4. The van der Waals surface area contributed by atoms with Gasteiger partial charge in [-0.25, -0.2) is 0 Å². The highest BCUT2D eigenvalue weighted by Crippen LogP contribution is 2.24. The van der Waals surface area contributed by atoms with Crippen molar-refractivity contribution in [3.05, 3.63) is 41.6 Å². The summed E-state index contributed by atoms with van der Waals surface area (Å²) in [5.74, 6) is 0.436. The number of aryl methyl sites for hydroxylation is 1. The fourth-order valence-electron chi connectivity index (χ4n) is 3.24. The minimum atomic E-state index is 0.310. The second-order valence-electron chi connectivity index (χ2n) is 6.38. The van der Waals surface area contributed by atoms with Crippen molar-refractivity contribution in [2.75, 3.05) is 13.2 Å². The average molecular weight is 284 g/mol. The van der Waals surface area contributed by atoms with E-state index < -0.39 is 0 Å². The van der Waals surface area contributed by atoms with Crippen molar-refractivity contribution in [3.63, 3.8) is 0 Å². The summed E-state index contributed by atoms with van der Waals surface area (Å²) in [4.78, 5) is 7.05. The van der Waals surface area contributed by atoms with Gasteiger partial charge in [0.1, 0.15) is 0 Å². The Hall–Kier alpha value is -1.45. The van der Waals surface area contributed by atoms with E-state index in [4.69, 9.17) is 0 Å². The normalized spacial score (nSPS) is 23.6. The summed E-state index contributed by atoms with van der Waals surface area (Å²) in [5.41, 5.74) is 3.46. The van der Waals surface area contributed by atoms with Gasteiger partial charge in [0, 0.05) is 36.8 Å². The van der Waals surface area contributed by atoms with Crippen LogP contribution >= 0.6 is 0 Å². The highest BCUT2D eigenvalue weighted by molar-refractivity contribution is 5.79. The third kappa shape index (κ3) is 3.25. The molecule has 1 aromatic carbocycles. The van der Waals surface area contributed by atoms with Gasteiger partial charge in [-0.1, -0.05) is 12.1 Å². The third-order valence-electron chi connectivity index (χ3n) is 4.65. The minimum Gasteiger partial charge on any atom is -0.396 e. The van der Waals surface area contributed by atoms with Crippen LogP contribution in [0.15, 0.2) is 30.3 Å². The van der Waals surface area contributed by atoms with Crippen LogP contribution in [0.2, 0.25) is 0 Å². The average Bonchev–Trinajstić information content (AvgIpc) is 2.49. The van der Waals surface area contributed by atoms with E-state index in [0.29, 0.717) is 18.6 Å². The van der Waals surface area contributed by atoms with E-state index in [1.54, 1.807) is 0 Å². The molecule has 2 aromatic rings. The molecule has 1 aliphatic rings. The summed E-state index contributed by atoms with van der Waals surface area (Å²) in [6.07, 6.45) is 2.33. The van der Waals surface area contributed by atoms with Crippen LogP contribution in [-0.2, 0) is 6.54 Å². The molecule has 3 nitrogen and oxygen atoms in total. The zero-order chi connectivity index (χ0) is 14.8. The first-order chi connectivity index (χ1) is 10.2. The fraction of sp³-hybridized carbons (Fsp3) is 0.500. The number of rotatable bonds is 3. The maximum Gasteiger partial charge on any atom is 0.0705 e. The number of fused-ring (bicyclic) bond motifs is 1. The molecule has 3 rings (SSSR count). The molecular weight excluding hydrogens is 260 g/mol. The highest BCUT2D eigenvalue weighted by Gasteiger charge is 2.24. The summed E-state index contributed by atoms with van der Waals surface area (Å²) < 4.78 is 0. The third-order valence-corrected chi connectivity index (χ3v) is 4.65. The van der Waals surface area contributed by atoms with Crippen molar-refractivity contribution < 1.29 is 5.11 Å². The second kappa shape index (κ2) is 6.12. The number of benzene rings is 1. The van der Waals surface area contributed by atoms with Crippen molar-refractivity contribution >= 4 is 10.9 Å². The molecular formula is C18H24N2O. The lowest BCUT2D eigenvalue weighted by atomic mass is 9.93. The molecule has 1 fully saturated rings. The first kappa shape index (κ1) is 14.5. The lowest BCUT2D eigenvalue weighted by Gasteiger charge is -2.37. The number of piperidine rings is 1. The van der Waals surface area contributed by atoms with Crippen LogP contribution in [0.25, 0.3) is 10.9 Å². The van der Waals surface area contributed by atoms with Crippen molar-refractivity contribution in [2.45, 2.75) is 39.3 Å². The number of aliphatic hydroxyl groups excluding tert-OH is 1. The van der Waals surface area contributed by atoms with Crippen molar-refractivity contribution in [1.29, 1.82) is 0 Å². The molecule has 2 atom stereocenters. The largest absolute Gasteiger partial charge is 0.396 e. The molecule has 0 saturated carbocycles. The van der Waals surface area contributed by atoms with Gasteiger partial charge in [-0.15, -0.1) is 0 Å². The lowest BCUT2D eigenvalue weighted by Crippen LogP contribution is -2.42. The van der Waals surface area contributed by atoms with Crippen molar-refractivity contribution in [1.82, 2.24) is 9.88 Å². The molecule has 112 valence electrons. The van der Waals surface area contributed by atoms with Crippen LogP contribution in [0.4, 0.5) is 0 Å². The Kier molecular flexibility index (Phi) is 4.22. The topological polar surface area (TPSA) is 36.4 Å². The Bertz CT molecular complexity index is 626. The Balaban J connectivity index is 1.79. The SMILES string of the molecule is Cc1ccc2cc(CN3C[C@@H](CO)CC[C@H]3C)ccc2n1. The standard InChI is InChI=1S/C18H24N2O/c1-13-3-7-17-9-15(6-8-18(17)19-13)10-20-11-16(12-21)5-4-14(20)2/h3,6-9,14,16,21H,4-5,10-12H2,1-2H3/t14-,16+/m1/s1. The Labute approximate surface area is 126 Å². The molecule has 0 bridgehead atoms. The number of aromatic nitrogens is 1. The van der Waals surface area contributed by atoms with Crippen molar-refractivity contribution in [2.24, 2.45) is 5.92 Å². The number of hydrogen-bond donors (Lipinski definition) is 1.